The zero-order valence-corrected chi connectivity index (χ0v) is 6.74. The molecule has 2 rings (SSSR count). The van der Waals surface area contributed by atoms with Gasteiger partial charge in [-0.3, -0.25) is 0 Å². The Labute approximate surface area is 69.7 Å². The fourth-order valence-electron chi connectivity index (χ4n) is 1.11. The molecule has 0 saturated heterocycles. The average Bonchev–Trinajstić information content (AvgIpc) is 2.46. The summed E-state index contributed by atoms with van der Waals surface area (Å²) in [5.41, 5.74) is 1.44. The summed E-state index contributed by atoms with van der Waals surface area (Å²) >= 11 is 0. The first-order chi connectivity index (χ1) is 5.79. The van der Waals surface area contributed by atoms with Crippen LogP contribution in [0.5, 0.6) is 5.75 Å². The molecular weight excluding hydrogens is 154 g/mol. The molecular formula is C9H9NO2. The number of phenolic OH excluding ortho intramolecular Hbond substituents is 1. The van der Waals surface area contributed by atoms with Crippen molar-refractivity contribution in [1.82, 2.24) is 4.98 Å². The van der Waals surface area contributed by atoms with Gasteiger partial charge in [-0.1, -0.05) is 6.92 Å². The number of nitrogens with zero attached hydrogens (tertiary/aromatic N) is 1. The Morgan fingerprint density at radius 1 is 1.50 bits per heavy atom. The maximum absolute atomic E-state index is 9.12. The van der Waals surface area contributed by atoms with Gasteiger partial charge in [0.15, 0.2) is 11.5 Å². The number of fused-ring (bicyclic) bond motifs is 1. The van der Waals surface area contributed by atoms with Crippen LogP contribution in [0.3, 0.4) is 0 Å². The molecule has 0 bridgehead atoms. The van der Waals surface area contributed by atoms with E-state index < -0.39 is 0 Å². The van der Waals surface area contributed by atoms with E-state index >= 15 is 0 Å². The zero-order valence-electron chi connectivity index (χ0n) is 6.74. The quantitative estimate of drug-likeness (QED) is 0.700. The number of benzene rings is 1. The fraction of sp³-hybridized carbons (Fsp3) is 0.222. The van der Waals surface area contributed by atoms with Crippen molar-refractivity contribution in [2.75, 3.05) is 0 Å². The number of phenols is 1. The van der Waals surface area contributed by atoms with E-state index in [0.717, 1.165) is 11.9 Å². The molecule has 2 aromatic rings. The molecule has 0 radical (unpaired) electrons. The van der Waals surface area contributed by atoms with Gasteiger partial charge in [0, 0.05) is 12.5 Å². The third-order valence-electron chi connectivity index (χ3n) is 1.72. The highest BCUT2D eigenvalue weighted by molar-refractivity contribution is 5.74. The normalized spacial score (nSPS) is 10.8. The van der Waals surface area contributed by atoms with Crippen LogP contribution in [0.4, 0.5) is 0 Å². The first-order valence-corrected chi connectivity index (χ1v) is 3.88. The molecule has 0 saturated carbocycles. The maximum atomic E-state index is 9.12. The molecule has 0 fully saturated rings. The zero-order chi connectivity index (χ0) is 8.55. The second kappa shape index (κ2) is 2.52. The molecule has 1 aromatic carbocycles. The van der Waals surface area contributed by atoms with E-state index in [0.29, 0.717) is 11.5 Å². The fourth-order valence-corrected chi connectivity index (χ4v) is 1.11. The van der Waals surface area contributed by atoms with E-state index in [2.05, 4.69) is 4.98 Å². The van der Waals surface area contributed by atoms with Crippen molar-refractivity contribution in [3.05, 3.63) is 24.1 Å². The number of rotatable bonds is 1. The summed E-state index contributed by atoms with van der Waals surface area (Å²) in [7, 11) is 0. The van der Waals surface area contributed by atoms with Crippen LogP contribution in [-0.2, 0) is 6.42 Å². The molecule has 0 spiro atoms. The van der Waals surface area contributed by atoms with Gasteiger partial charge in [-0.05, 0) is 12.1 Å². The van der Waals surface area contributed by atoms with E-state index in [9.17, 15) is 0 Å². The summed E-state index contributed by atoms with van der Waals surface area (Å²) in [6, 6.07) is 4.92. The molecule has 62 valence electrons. The van der Waals surface area contributed by atoms with Crippen molar-refractivity contribution in [1.29, 1.82) is 0 Å². The monoisotopic (exact) mass is 163 g/mol. The third-order valence-corrected chi connectivity index (χ3v) is 1.72. The second-order valence-electron chi connectivity index (χ2n) is 2.61. The predicted octanol–water partition coefficient (Wildman–Crippen LogP) is 2.10. The van der Waals surface area contributed by atoms with Crippen molar-refractivity contribution in [3.8, 4) is 5.75 Å². The van der Waals surface area contributed by atoms with E-state index in [1.54, 1.807) is 18.2 Å². The number of oxazole rings is 1. The molecule has 1 N–H and O–H groups in total. The van der Waals surface area contributed by atoms with Crippen molar-refractivity contribution in [3.63, 3.8) is 0 Å². The topological polar surface area (TPSA) is 46.3 Å². The van der Waals surface area contributed by atoms with Gasteiger partial charge < -0.3 is 9.52 Å². The standard InChI is InChI=1S/C9H9NO2/c1-2-9-10-7-4-3-6(11)5-8(7)12-9/h3-5,11H,2H2,1H3. The Kier molecular flexibility index (Phi) is 1.50. The highest BCUT2D eigenvalue weighted by Crippen LogP contribution is 2.20. The van der Waals surface area contributed by atoms with E-state index in [-0.39, 0.29) is 5.75 Å². The third kappa shape index (κ3) is 1.03. The van der Waals surface area contributed by atoms with Crippen LogP contribution in [0.1, 0.15) is 12.8 Å². The van der Waals surface area contributed by atoms with Crippen LogP contribution in [0.15, 0.2) is 22.6 Å². The molecule has 0 atom stereocenters. The summed E-state index contributed by atoms with van der Waals surface area (Å²) in [5.74, 6) is 0.914. The van der Waals surface area contributed by atoms with Gasteiger partial charge >= 0.3 is 0 Å². The summed E-state index contributed by atoms with van der Waals surface area (Å²) in [4.78, 5) is 4.19. The van der Waals surface area contributed by atoms with Crippen LogP contribution in [0, 0.1) is 0 Å². The predicted molar refractivity (Wildman–Crippen MR) is 45.1 cm³/mol. The van der Waals surface area contributed by atoms with Gasteiger partial charge in [0.25, 0.3) is 0 Å². The SMILES string of the molecule is CCc1nc2ccc(O)cc2o1. The highest BCUT2D eigenvalue weighted by Gasteiger charge is 2.03. The van der Waals surface area contributed by atoms with Crippen molar-refractivity contribution < 1.29 is 9.52 Å². The summed E-state index contributed by atoms with van der Waals surface area (Å²) < 4.78 is 5.33. The Bertz CT molecular complexity index is 406. The van der Waals surface area contributed by atoms with Crippen LogP contribution >= 0.6 is 0 Å². The summed E-state index contributed by atoms with van der Waals surface area (Å²) in [5, 5.41) is 9.12. The summed E-state index contributed by atoms with van der Waals surface area (Å²) in [6.07, 6.45) is 0.773. The Hall–Kier alpha value is -1.51. The van der Waals surface area contributed by atoms with Gasteiger partial charge in [0.2, 0.25) is 0 Å². The number of aromatic nitrogens is 1. The van der Waals surface area contributed by atoms with E-state index in [1.165, 1.54) is 0 Å². The molecule has 3 heteroatoms. The molecule has 0 aliphatic carbocycles. The number of aryl methyl sites for hydroxylation is 1. The lowest BCUT2D eigenvalue weighted by Gasteiger charge is -1.87. The molecule has 0 unspecified atom stereocenters. The Balaban J connectivity index is 2.67. The van der Waals surface area contributed by atoms with Crippen LogP contribution < -0.4 is 0 Å². The van der Waals surface area contributed by atoms with Crippen molar-refractivity contribution in [2.45, 2.75) is 13.3 Å². The lowest BCUT2D eigenvalue weighted by Crippen LogP contribution is -1.74. The minimum absolute atomic E-state index is 0.210. The van der Waals surface area contributed by atoms with Gasteiger partial charge in [0.05, 0.1) is 0 Å². The summed E-state index contributed by atoms with van der Waals surface area (Å²) in [6.45, 7) is 1.98. The van der Waals surface area contributed by atoms with Gasteiger partial charge in [-0.15, -0.1) is 0 Å². The number of hydrogen-bond donors (Lipinski definition) is 1. The van der Waals surface area contributed by atoms with Gasteiger partial charge in [-0.25, -0.2) is 4.98 Å². The molecule has 0 aliphatic rings. The largest absolute Gasteiger partial charge is 0.508 e. The lowest BCUT2D eigenvalue weighted by atomic mass is 10.3. The first kappa shape index (κ1) is 7.16. The molecule has 12 heavy (non-hydrogen) atoms. The Morgan fingerprint density at radius 3 is 3.08 bits per heavy atom. The van der Waals surface area contributed by atoms with E-state index in [4.69, 9.17) is 9.52 Å². The minimum Gasteiger partial charge on any atom is -0.508 e. The van der Waals surface area contributed by atoms with Crippen molar-refractivity contribution >= 4 is 11.1 Å². The number of hydrogen-bond acceptors (Lipinski definition) is 3. The minimum atomic E-state index is 0.210. The molecule has 1 aromatic heterocycles. The lowest BCUT2D eigenvalue weighted by molar-refractivity contribution is 0.473. The molecule has 3 nitrogen and oxygen atoms in total. The van der Waals surface area contributed by atoms with Gasteiger partial charge in [0.1, 0.15) is 11.3 Å². The van der Waals surface area contributed by atoms with Crippen molar-refractivity contribution in [2.24, 2.45) is 0 Å². The van der Waals surface area contributed by atoms with Crippen LogP contribution in [-0.4, -0.2) is 10.1 Å². The van der Waals surface area contributed by atoms with Gasteiger partial charge in [-0.2, -0.15) is 0 Å². The first-order valence-electron chi connectivity index (χ1n) is 3.88. The maximum Gasteiger partial charge on any atom is 0.195 e. The van der Waals surface area contributed by atoms with Crippen LogP contribution in [0.25, 0.3) is 11.1 Å². The average molecular weight is 163 g/mol. The number of aromatic hydroxyl groups is 1. The van der Waals surface area contributed by atoms with Crippen LogP contribution in [0.2, 0.25) is 0 Å². The molecule has 0 amide bonds. The second-order valence-corrected chi connectivity index (χ2v) is 2.61. The molecule has 1 heterocycles. The highest BCUT2D eigenvalue weighted by atomic mass is 16.3. The molecule has 0 aliphatic heterocycles. The smallest absolute Gasteiger partial charge is 0.195 e. The van der Waals surface area contributed by atoms with E-state index in [1.807, 2.05) is 6.92 Å². The Morgan fingerprint density at radius 2 is 2.33 bits per heavy atom.